The van der Waals surface area contributed by atoms with E-state index < -0.39 is 0 Å². The van der Waals surface area contributed by atoms with Gasteiger partial charge in [0, 0.05) is 21.1 Å². The van der Waals surface area contributed by atoms with Crippen molar-refractivity contribution >= 4 is 27.5 Å². The molecule has 72 valence electrons. The van der Waals surface area contributed by atoms with Crippen LogP contribution in [0, 0.1) is 5.92 Å². The fraction of sp³-hybridized carbons (Fsp3) is 0.400. The zero-order chi connectivity index (χ0) is 10.0. The molecule has 0 aliphatic heterocycles. The molecule has 0 unspecified atom stereocenters. The maximum atomic E-state index is 6.06. The summed E-state index contributed by atoms with van der Waals surface area (Å²) in [6, 6.07) is 5.72. The van der Waals surface area contributed by atoms with E-state index in [9.17, 15) is 0 Å². The first-order valence-electron chi connectivity index (χ1n) is 4.23. The van der Waals surface area contributed by atoms with Gasteiger partial charge in [-0.2, -0.15) is 0 Å². The van der Waals surface area contributed by atoms with Gasteiger partial charge in [0.25, 0.3) is 0 Å². The highest BCUT2D eigenvalue weighted by Gasteiger charge is 2.16. The van der Waals surface area contributed by atoms with Crippen molar-refractivity contribution in [3.8, 4) is 0 Å². The van der Waals surface area contributed by atoms with Crippen molar-refractivity contribution in [2.45, 2.75) is 19.9 Å². The average Bonchev–Trinajstić information content (AvgIpc) is 2.03. The second-order valence-corrected chi connectivity index (χ2v) is 4.67. The molecule has 13 heavy (non-hydrogen) atoms. The van der Waals surface area contributed by atoms with Gasteiger partial charge in [-0.25, -0.2) is 0 Å². The molecule has 0 fully saturated rings. The van der Waals surface area contributed by atoms with Crippen molar-refractivity contribution < 1.29 is 0 Å². The highest BCUT2D eigenvalue weighted by Crippen LogP contribution is 2.32. The maximum Gasteiger partial charge on any atom is 0.0465 e. The second kappa shape index (κ2) is 4.45. The summed E-state index contributed by atoms with van der Waals surface area (Å²) in [7, 11) is 0. The van der Waals surface area contributed by atoms with Gasteiger partial charge >= 0.3 is 0 Å². The van der Waals surface area contributed by atoms with Crippen molar-refractivity contribution in [3.05, 3.63) is 33.3 Å². The highest BCUT2D eigenvalue weighted by atomic mass is 79.9. The van der Waals surface area contributed by atoms with Crippen LogP contribution in [0.15, 0.2) is 22.7 Å². The largest absolute Gasteiger partial charge is 0.324 e. The number of rotatable bonds is 2. The van der Waals surface area contributed by atoms with Crippen LogP contribution in [0.25, 0.3) is 0 Å². The minimum Gasteiger partial charge on any atom is -0.324 e. The van der Waals surface area contributed by atoms with Gasteiger partial charge in [-0.05, 0) is 18.1 Å². The van der Waals surface area contributed by atoms with Gasteiger partial charge < -0.3 is 5.73 Å². The van der Waals surface area contributed by atoms with Crippen LogP contribution >= 0.6 is 27.5 Å². The Labute approximate surface area is 92.4 Å². The Balaban J connectivity index is 3.12. The molecule has 1 aromatic rings. The molecule has 3 heteroatoms. The van der Waals surface area contributed by atoms with Gasteiger partial charge in [-0.15, -0.1) is 0 Å². The number of hydrogen-bond donors (Lipinski definition) is 1. The number of nitrogens with two attached hydrogens (primary N) is 1. The predicted molar refractivity (Wildman–Crippen MR) is 60.9 cm³/mol. The first-order valence-corrected chi connectivity index (χ1v) is 5.40. The SMILES string of the molecule is CC(C)[C@H](N)c1c(Cl)cccc1Br. The Bertz CT molecular complexity index is 279. The fourth-order valence-electron chi connectivity index (χ4n) is 1.16. The molecule has 0 saturated carbocycles. The van der Waals surface area contributed by atoms with Crippen LogP contribution in [-0.4, -0.2) is 0 Å². The molecule has 0 heterocycles. The molecule has 0 saturated heterocycles. The van der Waals surface area contributed by atoms with Crippen LogP contribution in [0.1, 0.15) is 25.5 Å². The third-order valence-corrected chi connectivity index (χ3v) is 3.07. The zero-order valence-corrected chi connectivity index (χ0v) is 10.1. The van der Waals surface area contributed by atoms with E-state index in [-0.39, 0.29) is 6.04 Å². The van der Waals surface area contributed by atoms with Crippen molar-refractivity contribution in [2.75, 3.05) is 0 Å². The molecule has 0 spiro atoms. The average molecular weight is 263 g/mol. The number of hydrogen-bond acceptors (Lipinski definition) is 1. The lowest BCUT2D eigenvalue weighted by atomic mass is 9.97. The van der Waals surface area contributed by atoms with Crippen LogP contribution in [0.2, 0.25) is 5.02 Å². The molecule has 2 N–H and O–H groups in total. The number of halogens is 2. The van der Waals surface area contributed by atoms with Crippen molar-refractivity contribution in [1.29, 1.82) is 0 Å². The summed E-state index contributed by atoms with van der Waals surface area (Å²) >= 11 is 9.51. The van der Waals surface area contributed by atoms with Crippen LogP contribution in [0.3, 0.4) is 0 Å². The third kappa shape index (κ3) is 2.46. The third-order valence-electron chi connectivity index (χ3n) is 2.05. The predicted octanol–water partition coefficient (Wildman–Crippen LogP) is 3.76. The molecule has 0 amide bonds. The van der Waals surface area contributed by atoms with Gasteiger partial charge in [0.1, 0.15) is 0 Å². The summed E-state index contributed by atoms with van der Waals surface area (Å²) < 4.78 is 0.987. The topological polar surface area (TPSA) is 26.0 Å². The molecule has 0 radical (unpaired) electrons. The molecule has 1 rings (SSSR count). The normalized spacial score (nSPS) is 13.4. The molecular formula is C10H13BrClN. The van der Waals surface area contributed by atoms with Gasteiger partial charge in [-0.3, -0.25) is 0 Å². The minimum absolute atomic E-state index is 0.0110. The zero-order valence-electron chi connectivity index (χ0n) is 7.72. The van der Waals surface area contributed by atoms with Crippen molar-refractivity contribution in [2.24, 2.45) is 11.7 Å². The van der Waals surface area contributed by atoms with Gasteiger partial charge in [0.15, 0.2) is 0 Å². The van der Waals surface area contributed by atoms with Crippen LogP contribution in [-0.2, 0) is 0 Å². The van der Waals surface area contributed by atoms with Crippen LogP contribution in [0.5, 0.6) is 0 Å². The molecule has 1 aromatic carbocycles. The molecule has 0 aliphatic rings. The summed E-state index contributed by atoms with van der Waals surface area (Å²) in [5.74, 6) is 0.385. The second-order valence-electron chi connectivity index (χ2n) is 3.41. The maximum absolute atomic E-state index is 6.06. The van der Waals surface area contributed by atoms with Crippen molar-refractivity contribution in [3.63, 3.8) is 0 Å². The molecular weight excluding hydrogens is 249 g/mol. The smallest absolute Gasteiger partial charge is 0.0465 e. The standard InChI is InChI=1S/C10H13BrClN/c1-6(2)10(13)9-7(11)4-3-5-8(9)12/h3-6,10H,13H2,1-2H3/t10-/m0/s1. The van der Waals surface area contributed by atoms with E-state index in [1.165, 1.54) is 0 Å². The lowest BCUT2D eigenvalue weighted by Gasteiger charge is -2.18. The summed E-state index contributed by atoms with van der Waals surface area (Å²) in [6.45, 7) is 4.17. The summed E-state index contributed by atoms with van der Waals surface area (Å²) in [4.78, 5) is 0. The van der Waals surface area contributed by atoms with Gasteiger partial charge in [0.05, 0.1) is 0 Å². The minimum atomic E-state index is -0.0110. The molecule has 1 nitrogen and oxygen atoms in total. The molecule has 0 bridgehead atoms. The van der Waals surface area contributed by atoms with Gasteiger partial charge in [0.2, 0.25) is 0 Å². The fourth-order valence-corrected chi connectivity index (χ4v) is 2.21. The Morgan fingerprint density at radius 1 is 1.38 bits per heavy atom. The van der Waals surface area contributed by atoms with Crippen molar-refractivity contribution in [1.82, 2.24) is 0 Å². The monoisotopic (exact) mass is 261 g/mol. The molecule has 0 aliphatic carbocycles. The van der Waals surface area contributed by atoms with Crippen LogP contribution in [0.4, 0.5) is 0 Å². The Morgan fingerprint density at radius 3 is 2.46 bits per heavy atom. The summed E-state index contributed by atoms with van der Waals surface area (Å²) in [6.07, 6.45) is 0. The van der Waals surface area contributed by atoms with Gasteiger partial charge in [-0.1, -0.05) is 47.4 Å². The van der Waals surface area contributed by atoms with E-state index in [0.717, 1.165) is 15.1 Å². The highest BCUT2D eigenvalue weighted by molar-refractivity contribution is 9.10. The Morgan fingerprint density at radius 2 is 2.00 bits per heavy atom. The molecule has 1 atom stereocenters. The van der Waals surface area contributed by atoms with Crippen LogP contribution < -0.4 is 5.73 Å². The lowest BCUT2D eigenvalue weighted by molar-refractivity contribution is 0.513. The summed E-state index contributed by atoms with van der Waals surface area (Å²) in [5, 5.41) is 0.732. The lowest BCUT2D eigenvalue weighted by Crippen LogP contribution is -2.17. The van der Waals surface area contributed by atoms with E-state index in [1.807, 2.05) is 18.2 Å². The summed E-state index contributed by atoms with van der Waals surface area (Å²) in [5.41, 5.74) is 7.02. The van der Waals surface area contributed by atoms with E-state index >= 15 is 0 Å². The quantitative estimate of drug-likeness (QED) is 0.863. The van der Waals surface area contributed by atoms with E-state index in [4.69, 9.17) is 17.3 Å². The number of benzene rings is 1. The van der Waals surface area contributed by atoms with E-state index in [0.29, 0.717) is 5.92 Å². The Hall–Kier alpha value is -0.0500. The van der Waals surface area contributed by atoms with E-state index in [2.05, 4.69) is 29.8 Å². The Kier molecular flexibility index (Phi) is 3.77. The van der Waals surface area contributed by atoms with E-state index in [1.54, 1.807) is 0 Å². The first-order chi connectivity index (χ1) is 6.04. The first kappa shape index (κ1) is 11.0. The molecule has 0 aromatic heterocycles.